The summed E-state index contributed by atoms with van der Waals surface area (Å²) in [6.07, 6.45) is 1.52. The standard InChI is InChI=1S/C15H18FN5O/c1-22-13-8-11(16)2-3-12(13)20-14-9-15(19-10-18-14)21-6-4-17-5-7-21/h2-3,8-10,17H,4-7H2,1H3,(H,18,19,20). The summed E-state index contributed by atoms with van der Waals surface area (Å²) in [4.78, 5) is 10.7. The Labute approximate surface area is 128 Å². The summed E-state index contributed by atoms with van der Waals surface area (Å²) in [5, 5.41) is 6.45. The van der Waals surface area contributed by atoms with E-state index in [0.717, 1.165) is 32.0 Å². The van der Waals surface area contributed by atoms with Crippen molar-refractivity contribution in [1.29, 1.82) is 0 Å². The molecule has 0 unspecified atom stereocenters. The van der Waals surface area contributed by atoms with Crippen molar-refractivity contribution in [2.45, 2.75) is 0 Å². The second kappa shape index (κ2) is 6.57. The molecule has 0 saturated carbocycles. The fraction of sp³-hybridized carbons (Fsp3) is 0.333. The van der Waals surface area contributed by atoms with Crippen molar-refractivity contribution in [2.24, 2.45) is 0 Å². The smallest absolute Gasteiger partial charge is 0.145 e. The minimum absolute atomic E-state index is 0.341. The number of aromatic nitrogens is 2. The molecule has 0 spiro atoms. The molecule has 2 aromatic rings. The molecular weight excluding hydrogens is 285 g/mol. The summed E-state index contributed by atoms with van der Waals surface area (Å²) in [5.74, 6) is 1.61. The van der Waals surface area contributed by atoms with Crippen LogP contribution in [0.2, 0.25) is 0 Å². The van der Waals surface area contributed by atoms with Crippen LogP contribution in [0, 0.1) is 5.82 Å². The summed E-state index contributed by atoms with van der Waals surface area (Å²) < 4.78 is 18.4. The summed E-state index contributed by atoms with van der Waals surface area (Å²) in [7, 11) is 1.51. The van der Waals surface area contributed by atoms with Gasteiger partial charge in [0.25, 0.3) is 0 Å². The number of anilines is 3. The first-order chi connectivity index (χ1) is 10.8. The molecule has 0 radical (unpaired) electrons. The third kappa shape index (κ3) is 3.25. The van der Waals surface area contributed by atoms with E-state index in [1.807, 2.05) is 6.07 Å². The highest BCUT2D eigenvalue weighted by Gasteiger charge is 2.13. The first kappa shape index (κ1) is 14.5. The summed E-state index contributed by atoms with van der Waals surface area (Å²) >= 11 is 0. The molecule has 1 aromatic heterocycles. The van der Waals surface area contributed by atoms with E-state index in [4.69, 9.17) is 4.74 Å². The minimum Gasteiger partial charge on any atom is -0.494 e. The molecule has 7 heteroatoms. The van der Waals surface area contributed by atoms with Crippen LogP contribution in [0.25, 0.3) is 0 Å². The van der Waals surface area contributed by atoms with Gasteiger partial charge in [0.2, 0.25) is 0 Å². The van der Waals surface area contributed by atoms with E-state index in [1.54, 1.807) is 6.07 Å². The lowest BCUT2D eigenvalue weighted by molar-refractivity contribution is 0.413. The molecule has 0 aliphatic carbocycles. The summed E-state index contributed by atoms with van der Waals surface area (Å²) in [5.41, 5.74) is 0.661. The molecule has 1 aliphatic heterocycles. The van der Waals surface area contributed by atoms with E-state index in [2.05, 4.69) is 25.5 Å². The zero-order chi connectivity index (χ0) is 15.4. The fourth-order valence-corrected chi connectivity index (χ4v) is 2.39. The van der Waals surface area contributed by atoms with Gasteiger partial charge in [0.1, 0.15) is 29.5 Å². The van der Waals surface area contributed by atoms with Crippen LogP contribution >= 0.6 is 0 Å². The van der Waals surface area contributed by atoms with Crippen LogP contribution in [0.4, 0.5) is 21.7 Å². The number of nitrogens with one attached hydrogen (secondary N) is 2. The number of nitrogens with zero attached hydrogens (tertiary/aromatic N) is 3. The highest BCUT2D eigenvalue weighted by molar-refractivity contribution is 5.65. The Kier molecular flexibility index (Phi) is 4.34. The van der Waals surface area contributed by atoms with Crippen molar-refractivity contribution in [3.8, 4) is 5.75 Å². The Morgan fingerprint density at radius 1 is 1.23 bits per heavy atom. The Morgan fingerprint density at radius 2 is 2.05 bits per heavy atom. The predicted molar refractivity (Wildman–Crippen MR) is 83.3 cm³/mol. The van der Waals surface area contributed by atoms with Crippen molar-refractivity contribution < 1.29 is 9.13 Å². The number of halogens is 1. The number of piperazine rings is 1. The molecule has 1 aliphatic rings. The van der Waals surface area contributed by atoms with Gasteiger partial charge in [0.05, 0.1) is 12.8 Å². The van der Waals surface area contributed by atoms with Gasteiger partial charge in [-0.2, -0.15) is 0 Å². The molecule has 1 saturated heterocycles. The average Bonchev–Trinajstić information content (AvgIpc) is 2.57. The molecule has 0 bridgehead atoms. The number of hydrogen-bond donors (Lipinski definition) is 2. The van der Waals surface area contributed by atoms with Crippen molar-refractivity contribution in [3.05, 3.63) is 36.4 Å². The highest BCUT2D eigenvalue weighted by Crippen LogP contribution is 2.28. The van der Waals surface area contributed by atoms with Crippen LogP contribution in [-0.2, 0) is 0 Å². The van der Waals surface area contributed by atoms with E-state index >= 15 is 0 Å². The molecule has 2 heterocycles. The Hall–Kier alpha value is -2.41. The van der Waals surface area contributed by atoms with Gasteiger partial charge in [0.15, 0.2) is 0 Å². The predicted octanol–water partition coefficient (Wildman–Crippen LogP) is 1.78. The number of ether oxygens (including phenoxy) is 1. The quantitative estimate of drug-likeness (QED) is 0.898. The Bertz CT molecular complexity index is 646. The highest BCUT2D eigenvalue weighted by atomic mass is 19.1. The van der Waals surface area contributed by atoms with Crippen molar-refractivity contribution >= 4 is 17.3 Å². The summed E-state index contributed by atoms with van der Waals surface area (Å²) in [6, 6.07) is 6.22. The second-order valence-electron chi connectivity index (χ2n) is 4.97. The largest absolute Gasteiger partial charge is 0.494 e. The lowest BCUT2D eigenvalue weighted by atomic mass is 10.2. The van der Waals surface area contributed by atoms with Crippen LogP contribution in [0.3, 0.4) is 0 Å². The normalized spacial score (nSPS) is 14.7. The molecule has 3 rings (SSSR count). The van der Waals surface area contributed by atoms with E-state index in [0.29, 0.717) is 17.3 Å². The number of hydrogen-bond acceptors (Lipinski definition) is 6. The topological polar surface area (TPSA) is 62.3 Å². The molecule has 1 aromatic carbocycles. The van der Waals surface area contributed by atoms with Gasteiger partial charge >= 0.3 is 0 Å². The molecule has 22 heavy (non-hydrogen) atoms. The van der Waals surface area contributed by atoms with Gasteiger partial charge in [-0.15, -0.1) is 0 Å². The Morgan fingerprint density at radius 3 is 2.82 bits per heavy atom. The third-order valence-electron chi connectivity index (χ3n) is 3.52. The zero-order valence-corrected chi connectivity index (χ0v) is 12.3. The number of methoxy groups -OCH3 is 1. The number of rotatable bonds is 4. The molecule has 0 atom stereocenters. The number of benzene rings is 1. The van der Waals surface area contributed by atoms with Crippen molar-refractivity contribution in [3.63, 3.8) is 0 Å². The SMILES string of the molecule is COc1cc(F)ccc1Nc1cc(N2CCNCC2)ncn1. The van der Waals surface area contributed by atoms with Crippen molar-refractivity contribution in [2.75, 3.05) is 43.5 Å². The monoisotopic (exact) mass is 303 g/mol. The first-order valence-corrected chi connectivity index (χ1v) is 7.14. The molecule has 0 amide bonds. The zero-order valence-electron chi connectivity index (χ0n) is 12.3. The average molecular weight is 303 g/mol. The van der Waals surface area contributed by atoms with Gasteiger partial charge in [-0.3, -0.25) is 0 Å². The second-order valence-corrected chi connectivity index (χ2v) is 4.97. The Balaban J connectivity index is 1.80. The third-order valence-corrected chi connectivity index (χ3v) is 3.52. The van der Waals surface area contributed by atoms with E-state index < -0.39 is 0 Å². The van der Waals surface area contributed by atoms with Gasteiger partial charge in [-0.05, 0) is 12.1 Å². The van der Waals surface area contributed by atoms with E-state index in [9.17, 15) is 4.39 Å². The van der Waals surface area contributed by atoms with Gasteiger partial charge in [-0.1, -0.05) is 0 Å². The van der Waals surface area contributed by atoms with Gasteiger partial charge in [-0.25, -0.2) is 14.4 Å². The van der Waals surface area contributed by atoms with Gasteiger partial charge in [0, 0.05) is 38.3 Å². The first-order valence-electron chi connectivity index (χ1n) is 7.14. The van der Waals surface area contributed by atoms with Crippen LogP contribution in [0.1, 0.15) is 0 Å². The van der Waals surface area contributed by atoms with Crippen LogP contribution in [0.15, 0.2) is 30.6 Å². The molecule has 1 fully saturated rings. The lowest BCUT2D eigenvalue weighted by Crippen LogP contribution is -2.43. The fourth-order valence-electron chi connectivity index (χ4n) is 2.39. The maximum absolute atomic E-state index is 13.2. The van der Waals surface area contributed by atoms with Crippen molar-refractivity contribution in [1.82, 2.24) is 15.3 Å². The van der Waals surface area contributed by atoms with Crippen LogP contribution in [0.5, 0.6) is 5.75 Å². The molecule has 116 valence electrons. The van der Waals surface area contributed by atoms with Crippen LogP contribution < -0.4 is 20.3 Å². The summed E-state index contributed by atoms with van der Waals surface area (Å²) in [6.45, 7) is 3.71. The van der Waals surface area contributed by atoms with Gasteiger partial charge < -0.3 is 20.3 Å². The van der Waals surface area contributed by atoms with E-state index in [1.165, 1.54) is 25.6 Å². The molecule has 6 nitrogen and oxygen atoms in total. The molecular formula is C15H18FN5O. The maximum atomic E-state index is 13.2. The maximum Gasteiger partial charge on any atom is 0.145 e. The minimum atomic E-state index is -0.341. The van der Waals surface area contributed by atoms with E-state index in [-0.39, 0.29) is 5.82 Å². The molecule has 2 N–H and O–H groups in total. The lowest BCUT2D eigenvalue weighted by Gasteiger charge is -2.28. The van der Waals surface area contributed by atoms with Crippen LogP contribution in [-0.4, -0.2) is 43.3 Å².